The number of hydrogen-bond donors (Lipinski definition) is 1. The second kappa shape index (κ2) is 6.03. The highest BCUT2D eigenvalue weighted by Gasteiger charge is 2.16. The average Bonchev–Trinajstić information content (AvgIpc) is 1.88. The summed E-state index contributed by atoms with van der Waals surface area (Å²) in [5, 5.41) is 0. The van der Waals surface area contributed by atoms with E-state index < -0.39 is 5.91 Å². The van der Waals surface area contributed by atoms with Gasteiger partial charge in [0, 0.05) is 11.6 Å². The van der Waals surface area contributed by atoms with Crippen molar-refractivity contribution in [1.82, 2.24) is 4.90 Å². The second-order valence-electron chi connectivity index (χ2n) is 2.78. The summed E-state index contributed by atoms with van der Waals surface area (Å²) in [5.74, 6) is -0.412. The van der Waals surface area contributed by atoms with Crippen LogP contribution in [0.25, 0.3) is 0 Å². The van der Waals surface area contributed by atoms with Gasteiger partial charge in [-0.25, -0.2) is 0 Å². The quantitative estimate of drug-likeness (QED) is 0.670. The van der Waals surface area contributed by atoms with Crippen LogP contribution in [-0.2, 0) is 4.79 Å². The second-order valence-corrected chi connectivity index (χ2v) is 2.78. The minimum absolute atomic E-state index is 0. The van der Waals surface area contributed by atoms with Crippen LogP contribution in [0.1, 0.15) is 13.3 Å². The van der Waals surface area contributed by atoms with Crippen molar-refractivity contribution in [3.63, 3.8) is 0 Å². The molecule has 0 rings (SSSR count). The highest BCUT2D eigenvalue weighted by Crippen LogP contribution is 2.08. The van der Waals surface area contributed by atoms with Gasteiger partial charge in [0.2, 0.25) is 5.91 Å². The summed E-state index contributed by atoms with van der Waals surface area (Å²) in [6.07, 6.45) is 0.856. The average molecular weight is 193 g/mol. The molecule has 2 N–H and O–H groups in total. The zero-order chi connectivity index (χ0) is 9.02. The summed E-state index contributed by atoms with van der Waals surface area (Å²) in [6.45, 7) is 5.63. The molecule has 12 heavy (non-hydrogen) atoms. The smallest absolute Gasteiger partial charge is 0.245 e. The number of amides is 1. The molecule has 0 aromatic heterocycles. The predicted octanol–water partition coefficient (Wildman–Crippen LogP) is 0.790. The van der Waals surface area contributed by atoms with Gasteiger partial charge in [0.25, 0.3) is 0 Å². The van der Waals surface area contributed by atoms with Crippen LogP contribution in [0.5, 0.6) is 0 Å². The highest BCUT2D eigenvalue weighted by molar-refractivity contribution is 5.92. The number of hydrogen-bond acceptors (Lipinski definition) is 2. The summed E-state index contributed by atoms with van der Waals surface area (Å²) in [7, 11) is 3.81. The Hall–Kier alpha value is -0.540. The van der Waals surface area contributed by atoms with Crippen molar-refractivity contribution < 1.29 is 4.79 Å². The Morgan fingerprint density at radius 3 is 2.08 bits per heavy atom. The van der Waals surface area contributed by atoms with E-state index in [-0.39, 0.29) is 18.4 Å². The van der Waals surface area contributed by atoms with E-state index in [0.29, 0.717) is 5.57 Å². The van der Waals surface area contributed by atoms with Crippen molar-refractivity contribution in [2.75, 3.05) is 14.1 Å². The number of nitrogens with two attached hydrogens (primary N) is 1. The van der Waals surface area contributed by atoms with Crippen LogP contribution in [0, 0.1) is 0 Å². The van der Waals surface area contributed by atoms with Gasteiger partial charge in [0.1, 0.15) is 0 Å². The first-order valence-electron chi connectivity index (χ1n) is 3.65. The molecular weight excluding hydrogens is 176 g/mol. The first-order chi connectivity index (χ1) is 5.00. The Morgan fingerprint density at radius 1 is 1.58 bits per heavy atom. The van der Waals surface area contributed by atoms with E-state index in [2.05, 4.69) is 6.58 Å². The maximum absolute atomic E-state index is 10.7. The van der Waals surface area contributed by atoms with Gasteiger partial charge < -0.3 is 10.6 Å². The Balaban J connectivity index is 0. The zero-order valence-corrected chi connectivity index (χ0v) is 8.65. The number of rotatable bonds is 4. The van der Waals surface area contributed by atoms with Crippen molar-refractivity contribution in [3.8, 4) is 0 Å². The Labute approximate surface area is 80.0 Å². The molecule has 0 fully saturated rings. The Kier molecular flexibility index (Phi) is 7.04. The molecule has 0 aromatic rings. The lowest BCUT2D eigenvalue weighted by molar-refractivity contribution is -0.115. The van der Waals surface area contributed by atoms with Crippen molar-refractivity contribution in [3.05, 3.63) is 12.2 Å². The molecule has 0 spiro atoms. The van der Waals surface area contributed by atoms with E-state index in [4.69, 9.17) is 5.73 Å². The summed E-state index contributed by atoms with van der Waals surface area (Å²) >= 11 is 0. The summed E-state index contributed by atoms with van der Waals surface area (Å²) in [5.41, 5.74) is 5.57. The number of carbonyl (C=O) groups is 1. The number of primary amides is 1. The normalized spacial score (nSPS) is 12.0. The third kappa shape index (κ3) is 3.74. The fraction of sp³-hybridized carbons (Fsp3) is 0.625. The minimum Gasteiger partial charge on any atom is -0.366 e. The van der Waals surface area contributed by atoms with E-state index >= 15 is 0 Å². The van der Waals surface area contributed by atoms with Crippen LogP contribution in [0.15, 0.2) is 12.2 Å². The largest absolute Gasteiger partial charge is 0.366 e. The molecule has 0 radical (unpaired) electrons. The molecule has 0 aromatic carbocycles. The van der Waals surface area contributed by atoms with Gasteiger partial charge in [-0.2, -0.15) is 0 Å². The number of likely N-dealkylation sites (N-methyl/N-ethyl adjacent to an activating group) is 1. The topological polar surface area (TPSA) is 46.3 Å². The van der Waals surface area contributed by atoms with Crippen LogP contribution in [0.4, 0.5) is 0 Å². The van der Waals surface area contributed by atoms with Gasteiger partial charge in [-0.1, -0.05) is 13.5 Å². The maximum atomic E-state index is 10.7. The van der Waals surface area contributed by atoms with Gasteiger partial charge in [-0.15, -0.1) is 12.4 Å². The molecule has 0 saturated heterocycles. The van der Waals surface area contributed by atoms with Gasteiger partial charge >= 0.3 is 0 Å². The molecule has 1 atom stereocenters. The fourth-order valence-corrected chi connectivity index (χ4v) is 1.09. The summed E-state index contributed by atoms with van der Waals surface area (Å²) in [4.78, 5) is 12.6. The molecule has 0 aliphatic heterocycles. The maximum Gasteiger partial charge on any atom is 0.245 e. The lowest BCUT2D eigenvalue weighted by Gasteiger charge is -2.22. The molecular formula is C8H17ClN2O. The van der Waals surface area contributed by atoms with Crippen molar-refractivity contribution in [2.45, 2.75) is 19.4 Å². The van der Waals surface area contributed by atoms with Crippen LogP contribution in [-0.4, -0.2) is 30.9 Å². The SMILES string of the molecule is C=C(C(N)=O)C(CC)N(C)C.Cl. The zero-order valence-electron chi connectivity index (χ0n) is 7.83. The van der Waals surface area contributed by atoms with E-state index in [1.54, 1.807) is 0 Å². The van der Waals surface area contributed by atoms with Gasteiger partial charge in [-0.05, 0) is 20.5 Å². The lowest BCUT2D eigenvalue weighted by Crippen LogP contribution is -2.34. The van der Waals surface area contributed by atoms with Crippen molar-refractivity contribution in [1.29, 1.82) is 0 Å². The van der Waals surface area contributed by atoms with E-state index in [0.717, 1.165) is 6.42 Å². The fourth-order valence-electron chi connectivity index (χ4n) is 1.09. The minimum atomic E-state index is -0.412. The first-order valence-corrected chi connectivity index (χ1v) is 3.65. The van der Waals surface area contributed by atoms with Gasteiger partial charge in [0.05, 0.1) is 0 Å². The van der Waals surface area contributed by atoms with Crippen LogP contribution >= 0.6 is 12.4 Å². The molecule has 0 aliphatic carbocycles. The Bertz CT molecular complexity index is 168. The van der Waals surface area contributed by atoms with Crippen LogP contribution < -0.4 is 5.73 Å². The van der Waals surface area contributed by atoms with Gasteiger partial charge in [0.15, 0.2) is 0 Å². The summed E-state index contributed by atoms with van der Waals surface area (Å²) < 4.78 is 0. The third-order valence-corrected chi connectivity index (χ3v) is 1.73. The standard InChI is InChI=1S/C8H16N2O.ClH/c1-5-7(10(3)4)6(2)8(9)11;/h7H,2,5H2,1,3-4H3,(H2,9,11);1H. The third-order valence-electron chi connectivity index (χ3n) is 1.73. The molecule has 0 aliphatic rings. The number of carbonyl (C=O) groups excluding carboxylic acids is 1. The molecule has 0 heterocycles. The van der Waals surface area contributed by atoms with E-state index in [1.165, 1.54) is 0 Å². The lowest BCUT2D eigenvalue weighted by atomic mass is 10.1. The molecule has 0 saturated carbocycles. The molecule has 72 valence electrons. The van der Waals surface area contributed by atoms with Crippen LogP contribution in [0.2, 0.25) is 0 Å². The first kappa shape index (κ1) is 14.0. The monoisotopic (exact) mass is 192 g/mol. The molecule has 1 unspecified atom stereocenters. The molecule has 3 nitrogen and oxygen atoms in total. The summed E-state index contributed by atoms with van der Waals surface area (Å²) in [6, 6.07) is 0.0764. The van der Waals surface area contributed by atoms with Gasteiger partial charge in [-0.3, -0.25) is 4.79 Å². The predicted molar refractivity (Wildman–Crippen MR) is 53.3 cm³/mol. The van der Waals surface area contributed by atoms with Crippen molar-refractivity contribution in [2.24, 2.45) is 5.73 Å². The van der Waals surface area contributed by atoms with Crippen molar-refractivity contribution >= 4 is 18.3 Å². The number of nitrogens with zero attached hydrogens (tertiary/aromatic N) is 1. The molecule has 0 bridgehead atoms. The molecule has 1 amide bonds. The van der Waals surface area contributed by atoms with E-state index in [9.17, 15) is 4.79 Å². The Morgan fingerprint density at radius 2 is 2.00 bits per heavy atom. The molecule has 4 heteroatoms. The van der Waals surface area contributed by atoms with Crippen LogP contribution in [0.3, 0.4) is 0 Å². The number of halogens is 1. The van der Waals surface area contributed by atoms with E-state index in [1.807, 2.05) is 25.9 Å². The highest BCUT2D eigenvalue weighted by atomic mass is 35.5.